The number of rotatable bonds is 26. The molecule has 0 fully saturated rings. The minimum absolute atomic E-state index is 0.469. The highest BCUT2D eigenvalue weighted by molar-refractivity contribution is 4.62. The van der Waals surface area contributed by atoms with Crippen molar-refractivity contribution in [3.63, 3.8) is 0 Å². The van der Waals surface area contributed by atoms with Gasteiger partial charge in [-0.25, -0.2) is 0 Å². The molecule has 1 heteroatoms. The van der Waals surface area contributed by atoms with E-state index in [0.717, 1.165) is 0 Å². The van der Waals surface area contributed by atoms with E-state index in [0.29, 0.717) is 6.04 Å². The van der Waals surface area contributed by atoms with Gasteiger partial charge < -0.3 is 5.73 Å². The van der Waals surface area contributed by atoms with Crippen LogP contribution in [-0.4, -0.2) is 6.04 Å². The Hall–Kier alpha value is -0.0400. The maximum atomic E-state index is 6.33. The van der Waals surface area contributed by atoms with Crippen molar-refractivity contribution >= 4 is 0 Å². The summed E-state index contributed by atoms with van der Waals surface area (Å²) in [4.78, 5) is 0. The minimum Gasteiger partial charge on any atom is -0.328 e. The average Bonchev–Trinajstić information content (AvgIpc) is 2.75. The van der Waals surface area contributed by atoms with E-state index in [9.17, 15) is 0 Å². The zero-order chi connectivity index (χ0) is 22.0. The van der Waals surface area contributed by atoms with Crippen molar-refractivity contribution < 1.29 is 0 Å². The van der Waals surface area contributed by atoms with Crippen LogP contribution < -0.4 is 5.73 Å². The Labute approximate surface area is 192 Å². The fourth-order valence-electron chi connectivity index (χ4n) is 4.64. The maximum Gasteiger partial charge on any atom is 0.00388 e. The Morgan fingerprint density at radius 3 is 0.767 bits per heavy atom. The molecule has 0 aromatic heterocycles. The summed E-state index contributed by atoms with van der Waals surface area (Å²) in [5, 5.41) is 0. The normalized spacial score (nSPS) is 11.6. The Morgan fingerprint density at radius 2 is 0.533 bits per heavy atom. The van der Waals surface area contributed by atoms with Crippen molar-refractivity contribution in [2.45, 2.75) is 187 Å². The molecule has 182 valence electrons. The lowest BCUT2D eigenvalue weighted by Gasteiger charge is -2.11. The largest absolute Gasteiger partial charge is 0.328 e. The number of hydrogen-bond donors (Lipinski definition) is 1. The molecule has 0 aliphatic carbocycles. The van der Waals surface area contributed by atoms with Gasteiger partial charge in [0.25, 0.3) is 0 Å². The number of hydrogen-bond acceptors (Lipinski definition) is 1. The Morgan fingerprint density at radius 1 is 0.333 bits per heavy atom. The van der Waals surface area contributed by atoms with Gasteiger partial charge in [0, 0.05) is 6.04 Å². The van der Waals surface area contributed by atoms with E-state index >= 15 is 0 Å². The molecule has 0 rings (SSSR count). The molecule has 0 aliphatic rings. The molecule has 0 spiro atoms. The molecular weight excluding hydrogens is 362 g/mol. The zero-order valence-electron chi connectivity index (χ0n) is 21.5. The van der Waals surface area contributed by atoms with Gasteiger partial charge in [0.2, 0.25) is 0 Å². The van der Waals surface area contributed by atoms with Crippen LogP contribution in [0.5, 0.6) is 0 Å². The summed E-state index contributed by atoms with van der Waals surface area (Å²) in [5.41, 5.74) is 6.33. The summed E-state index contributed by atoms with van der Waals surface area (Å²) in [7, 11) is 0. The molecule has 0 saturated heterocycles. The van der Waals surface area contributed by atoms with Gasteiger partial charge in [-0.15, -0.1) is 0 Å². The lowest BCUT2D eigenvalue weighted by atomic mass is 10.00. The quantitative estimate of drug-likeness (QED) is 0.137. The molecule has 0 atom stereocenters. The Kier molecular flexibility index (Phi) is 27.0. The lowest BCUT2D eigenvalue weighted by Crippen LogP contribution is -2.19. The third kappa shape index (κ3) is 26.0. The van der Waals surface area contributed by atoms with E-state index in [1.807, 2.05) is 0 Å². The summed E-state index contributed by atoms with van der Waals surface area (Å²) in [6, 6.07) is 0.469. The molecule has 0 unspecified atom stereocenters. The highest BCUT2D eigenvalue weighted by Gasteiger charge is 2.02. The van der Waals surface area contributed by atoms with Crippen LogP contribution >= 0.6 is 0 Å². The van der Waals surface area contributed by atoms with E-state index in [1.165, 1.54) is 167 Å². The Balaban J connectivity index is 3.13. The van der Waals surface area contributed by atoms with E-state index in [1.54, 1.807) is 0 Å². The SMILES string of the molecule is CCCCCCCCCCCCCCC(N)CCCCCCCCCCCCCC. The van der Waals surface area contributed by atoms with Crippen molar-refractivity contribution in [2.75, 3.05) is 0 Å². The van der Waals surface area contributed by atoms with Gasteiger partial charge in [-0.1, -0.05) is 168 Å². The molecule has 0 aromatic rings. The maximum absolute atomic E-state index is 6.33. The van der Waals surface area contributed by atoms with Crippen LogP contribution in [-0.2, 0) is 0 Å². The van der Waals surface area contributed by atoms with E-state index < -0.39 is 0 Å². The first-order chi connectivity index (χ1) is 14.8. The smallest absolute Gasteiger partial charge is 0.00388 e. The van der Waals surface area contributed by atoms with E-state index in [4.69, 9.17) is 5.73 Å². The van der Waals surface area contributed by atoms with Gasteiger partial charge in [0.1, 0.15) is 0 Å². The fraction of sp³-hybridized carbons (Fsp3) is 1.00. The van der Waals surface area contributed by atoms with Gasteiger partial charge in [0.15, 0.2) is 0 Å². The van der Waals surface area contributed by atoms with Crippen molar-refractivity contribution in [2.24, 2.45) is 5.73 Å². The molecule has 1 nitrogen and oxygen atoms in total. The van der Waals surface area contributed by atoms with Crippen LogP contribution in [0.15, 0.2) is 0 Å². The lowest BCUT2D eigenvalue weighted by molar-refractivity contribution is 0.478. The van der Waals surface area contributed by atoms with Crippen LogP contribution in [0.2, 0.25) is 0 Å². The van der Waals surface area contributed by atoms with Crippen molar-refractivity contribution in [1.82, 2.24) is 0 Å². The summed E-state index contributed by atoms with van der Waals surface area (Å²) in [5.74, 6) is 0. The van der Waals surface area contributed by atoms with Gasteiger partial charge in [-0.3, -0.25) is 0 Å². The second kappa shape index (κ2) is 27.0. The molecule has 0 saturated carbocycles. The van der Waals surface area contributed by atoms with Gasteiger partial charge >= 0.3 is 0 Å². The fourth-order valence-corrected chi connectivity index (χ4v) is 4.64. The third-order valence-corrected chi connectivity index (χ3v) is 6.86. The minimum atomic E-state index is 0.469. The third-order valence-electron chi connectivity index (χ3n) is 6.86. The van der Waals surface area contributed by atoms with E-state index in [-0.39, 0.29) is 0 Å². The molecule has 30 heavy (non-hydrogen) atoms. The summed E-state index contributed by atoms with van der Waals surface area (Å²) < 4.78 is 0. The molecule has 0 aliphatic heterocycles. The first-order valence-electron chi connectivity index (χ1n) is 14.6. The molecular formula is C29H61N. The van der Waals surface area contributed by atoms with Crippen molar-refractivity contribution in [1.29, 1.82) is 0 Å². The number of unbranched alkanes of at least 4 members (excludes halogenated alkanes) is 22. The standard InChI is InChI=1S/C29H61N/c1-3-5-7-9-11-13-15-17-19-21-23-25-27-29(30)28-26-24-22-20-18-16-14-12-10-8-6-4-2/h29H,3-28,30H2,1-2H3. The van der Waals surface area contributed by atoms with Gasteiger partial charge in [0.05, 0.1) is 0 Å². The second-order valence-electron chi connectivity index (χ2n) is 10.1. The molecule has 0 heterocycles. The van der Waals surface area contributed by atoms with Crippen LogP contribution in [0.4, 0.5) is 0 Å². The second-order valence-corrected chi connectivity index (χ2v) is 10.1. The number of nitrogens with two attached hydrogens (primary N) is 1. The summed E-state index contributed by atoms with van der Waals surface area (Å²) in [6.45, 7) is 4.60. The first-order valence-corrected chi connectivity index (χ1v) is 14.6. The highest BCUT2D eigenvalue weighted by Crippen LogP contribution is 2.15. The van der Waals surface area contributed by atoms with Crippen LogP contribution in [0, 0.1) is 0 Å². The summed E-state index contributed by atoms with van der Waals surface area (Å²) in [6.07, 6.45) is 36.9. The van der Waals surface area contributed by atoms with Crippen LogP contribution in [0.3, 0.4) is 0 Å². The predicted molar refractivity (Wildman–Crippen MR) is 139 cm³/mol. The zero-order valence-corrected chi connectivity index (χ0v) is 21.5. The van der Waals surface area contributed by atoms with Crippen LogP contribution in [0.1, 0.15) is 181 Å². The molecule has 0 bridgehead atoms. The predicted octanol–water partition coefficient (Wildman–Crippen LogP) is 10.5. The molecule has 2 N–H and O–H groups in total. The van der Waals surface area contributed by atoms with Gasteiger partial charge in [-0.05, 0) is 12.8 Å². The molecule has 0 radical (unpaired) electrons. The summed E-state index contributed by atoms with van der Waals surface area (Å²) >= 11 is 0. The Bertz CT molecular complexity index is 260. The van der Waals surface area contributed by atoms with Crippen molar-refractivity contribution in [3.8, 4) is 0 Å². The molecule has 0 aromatic carbocycles. The molecule has 0 amide bonds. The van der Waals surface area contributed by atoms with Crippen molar-refractivity contribution in [3.05, 3.63) is 0 Å². The first kappa shape index (κ1) is 30.0. The van der Waals surface area contributed by atoms with Crippen LogP contribution in [0.25, 0.3) is 0 Å². The van der Waals surface area contributed by atoms with E-state index in [2.05, 4.69) is 13.8 Å². The average molecular weight is 424 g/mol. The highest BCUT2D eigenvalue weighted by atomic mass is 14.6. The monoisotopic (exact) mass is 423 g/mol. The topological polar surface area (TPSA) is 26.0 Å². The van der Waals surface area contributed by atoms with Gasteiger partial charge in [-0.2, -0.15) is 0 Å².